The Hall–Kier alpha value is -1.64. The molecule has 2 aromatic carbocycles. The van der Waals surface area contributed by atoms with Crippen molar-refractivity contribution in [3.05, 3.63) is 59.2 Å². The highest BCUT2D eigenvalue weighted by molar-refractivity contribution is 5.65. The summed E-state index contributed by atoms with van der Waals surface area (Å²) in [7, 11) is 1.76. The highest BCUT2D eigenvalue weighted by Gasteiger charge is 2.26. The summed E-state index contributed by atoms with van der Waals surface area (Å²) in [6.07, 6.45) is 6.71. The van der Waals surface area contributed by atoms with Crippen molar-refractivity contribution in [2.75, 3.05) is 20.2 Å². The number of methoxy groups -OCH3 is 1. The Balaban J connectivity index is 1.52. The molecule has 25 heavy (non-hydrogen) atoms. The first-order chi connectivity index (χ1) is 12.2. The first-order valence-corrected chi connectivity index (χ1v) is 9.73. The Labute approximate surface area is 151 Å². The van der Waals surface area contributed by atoms with E-state index in [0.29, 0.717) is 0 Å². The van der Waals surface area contributed by atoms with Crippen LogP contribution in [0.3, 0.4) is 0 Å². The van der Waals surface area contributed by atoms with Crippen molar-refractivity contribution in [3.8, 4) is 11.1 Å². The highest BCUT2D eigenvalue weighted by Crippen LogP contribution is 2.31. The van der Waals surface area contributed by atoms with E-state index in [1.54, 1.807) is 18.2 Å². The van der Waals surface area contributed by atoms with Crippen molar-refractivity contribution >= 4 is 0 Å². The van der Waals surface area contributed by atoms with Crippen molar-refractivity contribution in [2.24, 2.45) is 0 Å². The molecule has 2 atom stereocenters. The van der Waals surface area contributed by atoms with E-state index in [4.69, 9.17) is 4.74 Å². The van der Waals surface area contributed by atoms with Gasteiger partial charge < -0.3 is 9.64 Å². The first-order valence-electron chi connectivity index (χ1n) is 9.73. The zero-order valence-electron chi connectivity index (χ0n) is 15.5. The lowest BCUT2D eigenvalue weighted by atomic mass is 9.85. The summed E-state index contributed by atoms with van der Waals surface area (Å²) in [5.41, 5.74) is 7.00. The van der Waals surface area contributed by atoms with Crippen molar-refractivity contribution in [1.29, 1.82) is 0 Å². The van der Waals surface area contributed by atoms with E-state index < -0.39 is 0 Å². The summed E-state index contributed by atoms with van der Waals surface area (Å²) in [5.74, 6) is 0. The molecule has 1 saturated heterocycles. The predicted octanol–water partition coefficient (Wildman–Crippen LogP) is 5.01. The molecule has 0 radical (unpaired) electrons. The van der Waals surface area contributed by atoms with E-state index in [1.807, 2.05) is 0 Å². The molecule has 132 valence electrons. The number of benzene rings is 2. The molecule has 0 spiro atoms. The van der Waals surface area contributed by atoms with Gasteiger partial charge in [0.1, 0.15) is 0 Å². The number of ether oxygens (including phenoxy) is 1. The fourth-order valence-electron chi connectivity index (χ4n) is 4.42. The molecule has 1 fully saturated rings. The molecule has 2 unspecified atom stereocenters. The highest BCUT2D eigenvalue weighted by atomic mass is 16.5. The molecule has 0 bridgehead atoms. The van der Waals surface area contributed by atoms with Crippen LogP contribution in [0.2, 0.25) is 0 Å². The molecule has 4 rings (SSSR count). The lowest BCUT2D eigenvalue weighted by Gasteiger charge is -2.32. The van der Waals surface area contributed by atoms with Gasteiger partial charge in [-0.3, -0.25) is 0 Å². The minimum atomic E-state index is 0.153. The molecule has 2 heteroatoms. The van der Waals surface area contributed by atoms with Crippen LogP contribution in [0.25, 0.3) is 11.1 Å². The molecule has 2 nitrogen and oxygen atoms in total. The van der Waals surface area contributed by atoms with Gasteiger partial charge in [0.05, 0.1) is 6.10 Å². The van der Waals surface area contributed by atoms with Gasteiger partial charge in [-0.15, -0.1) is 0 Å². The third-order valence-corrected chi connectivity index (χ3v) is 6.13. The predicted molar refractivity (Wildman–Crippen MR) is 104 cm³/mol. The van der Waals surface area contributed by atoms with Crippen LogP contribution in [-0.4, -0.2) is 31.1 Å². The average molecular weight is 335 g/mol. The van der Waals surface area contributed by atoms with Crippen LogP contribution in [0.15, 0.2) is 42.5 Å². The molecule has 1 heterocycles. The quantitative estimate of drug-likeness (QED) is 0.778. The summed E-state index contributed by atoms with van der Waals surface area (Å²) >= 11 is 0. The smallest absolute Gasteiger partial charge is 0.0793 e. The van der Waals surface area contributed by atoms with Crippen LogP contribution in [0.5, 0.6) is 0 Å². The van der Waals surface area contributed by atoms with Crippen molar-refractivity contribution < 1.29 is 4.74 Å². The molecule has 0 saturated carbocycles. The fourth-order valence-corrected chi connectivity index (χ4v) is 4.42. The zero-order chi connectivity index (χ0) is 17.2. The van der Waals surface area contributed by atoms with Gasteiger partial charge in [-0.05, 0) is 79.9 Å². The van der Waals surface area contributed by atoms with Gasteiger partial charge in [-0.2, -0.15) is 0 Å². The standard InChI is InChI=1S/C23H29NO/c1-17(25-2)18-5-7-19(8-6-18)20-9-10-22-16-23(12-11-21(22)15-20)24-13-3-4-14-24/h5-10,15,17,23H,3-4,11-14,16H2,1-2H3. The number of fused-ring (bicyclic) bond motifs is 1. The Morgan fingerprint density at radius 2 is 1.68 bits per heavy atom. The van der Waals surface area contributed by atoms with Gasteiger partial charge in [0.2, 0.25) is 0 Å². The zero-order valence-corrected chi connectivity index (χ0v) is 15.5. The Morgan fingerprint density at radius 3 is 2.40 bits per heavy atom. The second-order valence-electron chi connectivity index (χ2n) is 7.62. The van der Waals surface area contributed by atoms with Crippen LogP contribution in [0.1, 0.15) is 49.0 Å². The maximum absolute atomic E-state index is 5.40. The van der Waals surface area contributed by atoms with E-state index in [9.17, 15) is 0 Å². The molecule has 2 aliphatic rings. The van der Waals surface area contributed by atoms with E-state index in [0.717, 1.165) is 6.04 Å². The number of rotatable bonds is 4. The minimum absolute atomic E-state index is 0.153. The summed E-state index contributed by atoms with van der Waals surface area (Å²) in [6, 6.07) is 16.7. The van der Waals surface area contributed by atoms with Gasteiger partial charge >= 0.3 is 0 Å². The summed E-state index contributed by atoms with van der Waals surface area (Å²) < 4.78 is 5.40. The summed E-state index contributed by atoms with van der Waals surface area (Å²) in [4.78, 5) is 2.71. The number of nitrogens with zero attached hydrogens (tertiary/aromatic N) is 1. The third-order valence-electron chi connectivity index (χ3n) is 6.13. The molecule has 0 aromatic heterocycles. The largest absolute Gasteiger partial charge is 0.377 e. The van der Waals surface area contributed by atoms with E-state index in [-0.39, 0.29) is 6.10 Å². The van der Waals surface area contributed by atoms with E-state index in [1.165, 1.54) is 61.9 Å². The third kappa shape index (κ3) is 3.51. The Kier molecular flexibility index (Phi) is 4.91. The maximum atomic E-state index is 5.40. The monoisotopic (exact) mass is 335 g/mol. The van der Waals surface area contributed by atoms with Gasteiger partial charge in [0, 0.05) is 13.2 Å². The second kappa shape index (κ2) is 7.31. The molecular formula is C23H29NO. The second-order valence-corrected chi connectivity index (χ2v) is 7.62. The maximum Gasteiger partial charge on any atom is 0.0793 e. The lowest BCUT2D eigenvalue weighted by molar-refractivity contribution is 0.119. The van der Waals surface area contributed by atoms with Crippen LogP contribution in [-0.2, 0) is 17.6 Å². The molecule has 0 amide bonds. The SMILES string of the molecule is COC(C)c1ccc(-c2ccc3c(c2)CCC(N2CCCC2)C3)cc1. The molecule has 1 aliphatic heterocycles. The topological polar surface area (TPSA) is 12.5 Å². The molecular weight excluding hydrogens is 306 g/mol. The normalized spacial score (nSPS) is 21.9. The first kappa shape index (κ1) is 16.8. The van der Waals surface area contributed by atoms with Gasteiger partial charge in [0.25, 0.3) is 0 Å². The van der Waals surface area contributed by atoms with Gasteiger partial charge in [-0.1, -0.05) is 42.5 Å². The number of aryl methyl sites for hydroxylation is 1. The van der Waals surface area contributed by atoms with E-state index in [2.05, 4.69) is 54.3 Å². The van der Waals surface area contributed by atoms with Crippen LogP contribution in [0.4, 0.5) is 0 Å². The van der Waals surface area contributed by atoms with Crippen LogP contribution >= 0.6 is 0 Å². The Bertz CT molecular complexity index is 715. The fraction of sp³-hybridized carbons (Fsp3) is 0.478. The number of likely N-dealkylation sites (tertiary alicyclic amines) is 1. The van der Waals surface area contributed by atoms with Crippen LogP contribution < -0.4 is 0 Å². The van der Waals surface area contributed by atoms with Crippen LogP contribution in [0, 0.1) is 0 Å². The van der Waals surface area contributed by atoms with E-state index >= 15 is 0 Å². The lowest BCUT2D eigenvalue weighted by Crippen LogP contribution is -2.37. The van der Waals surface area contributed by atoms with Crippen molar-refractivity contribution in [3.63, 3.8) is 0 Å². The van der Waals surface area contributed by atoms with Crippen molar-refractivity contribution in [2.45, 2.75) is 51.2 Å². The average Bonchev–Trinajstić information content (AvgIpc) is 3.21. The molecule has 1 aliphatic carbocycles. The van der Waals surface area contributed by atoms with Crippen molar-refractivity contribution in [1.82, 2.24) is 4.90 Å². The Morgan fingerprint density at radius 1 is 0.960 bits per heavy atom. The van der Waals surface area contributed by atoms with Gasteiger partial charge in [0.15, 0.2) is 0 Å². The minimum Gasteiger partial charge on any atom is -0.377 e. The molecule has 0 N–H and O–H groups in total. The summed E-state index contributed by atoms with van der Waals surface area (Å²) in [5, 5.41) is 0. The number of hydrogen-bond donors (Lipinski definition) is 0. The number of hydrogen-bond acceptors (Lipinski definition) is 2. The summed E-state index contributed by atoms with van der Waals surface area (Å²) in [6.45, 7) is 4.71. The van der Waals surface area contributed by atoms with Gasteiger partial charge in [-0.25, -0.2) is 0 Å². The molecule has 2 aromatic rings.